The Hall–Kier alpha value is -0.960. The van der Waals surface area contributed by atoms with Crippen LogP contribution in [0.15, 0.2) is 16.9 Å². The van der Waals surface area contributed by atoms with E-state index in [4.69, 9.17) is 4.52 Å². The molecule has 0 N–H and O–H groups in total. The minimum atomic E-state index is -3.34. The summed E-state index contributed by atoms with van der Waals surface area (Å²) in [5.41, 5.74) is 0.889. The molecule has 1 aliphatic carbocycles. The molecule has 0 aromatic carbocycles. The van der Waals surface area contributed by atoms with Gasteiger partial charge in [-0.3, -0.25) is 4.90 Å². The summed E-state index contributed by atoms with van der Waals surface area (Å²) in [4.78, 5) is 2.21. The molecule has 7 nitrogen and oxygen atoms in total. The fraction of sp³-hybridized carbons (Fsp3) is 0.800. The summed E-state index contributed by atoms with van der Waals surface area (Å²) in [6.07, 6.45) is 7.04. The second-order valence-electron chi connectivity index (χ2n) is 6.48. The molecule has 0 radical (unpaired) electrons. The van der Waals surface area contributed by atoms with Gasteiger partial charge in [0.1, 0.15) is 6.26 Å². The molecule has 1 aromatic rings. The van der Waals surface area contributed by atoms with E-state index in [1.54, 1.807) is 21.9 Å². The minimum Gasteiger partial charge on any atom is -0.364 e. The molecular formula is C15H26N4O3S. The van der Waals surface area contributed by atoms with Crippen molar-refractivity contribution in [1.82, 2.24) is 18.7 Å². The maximum Gasteiger partial charge on any atom is 0.282 e. The van der Waals surface area contributed by atoms with E-state index in [1.807, 2.05) is 6.07 Å². The highest BCUT2D eigenvalue weighted by Gasteiger charge is 2.34. The average molecular weight is 342 g/mol. The van der Waals surface area contributed by atoms with E-state index in [1.165, 1.54) is 6.42 Å². The zero-order valence-corrected chi connectivity index (χ0v) is 14.5. The van der Waals surface area contributed by atoms with Crippen LogP contribution in [0, 0.1) is 0 Å². The first-order valence-electron chi connectivity index (χ1n) is 8.42. The van der Waals surface area contributed by atoms with Gasteiger partial charge in [0.05, 0.1) is 5.69 Å². The third-order valence-corrected chi connectivity index (χ3v) is 7.03. The number of nitrogens with zero attached hydrogens (tertiary/aromatic N) is 4. The van der Waals surface area contributed by atoms with Crippen LogP contribution < -0.4 is 0 Å². The van der Waals surface area contributed by atoms with Gasteiger partial charge in [0.25, 0.3) is 10.2 Å². The molecule has 8 heteroatoms. The molecule has 3 rings (SSSR count). The van der Waals surface area contributed by atoms with Gasteiger partial charge in [0.15, 0.2) is 0 Å². The van der Waals surface area contributed by atoms with Crippen molar-refractivity contribution < 1.29 is 12.9 Å². The van der Waals surface area contributed by atoms with Crippen molar-refractivity contribution >= 4 is 10.2 Å². The van der Waals surface area contributed by atoms with Crippen LogP contribution in [0.25, 0.3) is 0 Å². The third kappa shape index (κ3) is 3.93. The Bertz CT molecular complexity index is 576. The molecule has 0 atom stereocenters. The summed E-state index contributed by atoms with van der Waals surface area (Å²) < 4.78 is 33.7. The molecule has 1 saturated carbocycles. The van der Waals surface area contributed by atoms with Crippen molar-refractivity contribution in [3.8, 4) is 0 Å². The molecule has 23 heavy (non-hydrogen) atoms. The van der Waals surface area contributed by atoms with Gasteiger partial charge in [-0.25, -0.2) is 0 Å². The Kier molecular flexibility index (Phi) is 5.35. The molecule has 2 aliphatic rings. The molecule has 130 valence electrons. The molecule has 0 amide bonds. The molecule has 0 spiro atoms. The third-order valence-electron chi connectivity index (χ3n) is 4.99. The van der Waals surface area contributed by atoms with Crippen LogP contribution in [0.1, 0.15) is 37.8 Å². The van der Waals surface area contributed by atoms with Crippen LogP contribution in [-0.2, 0) is 16.8 Å². The van der Waals surface area contributed by atoms with E-state index in [-0.39, 0.29) is 6.04 Å². The van der Waals surface area contributed by atoms with Gasteiger partial charge in [-0.1, -0.05) is 24.4 Å². The van der Waals surface area contributed by atoms with Crippen LogP contribution in [0.5, 0.6) is 0 Å². The summed E-state index contributed by atoms with van der Waals surface area (Å²) >= 11 is 0. The van der Waals surface area contributed by atoms with Gasteiger partial charge in [0.2, 0.25) is 0 Å². The standard InChI is InChI=1S/C15H26N4O3S/c1-17(15-5-3-2-4-6-15)23(20,21)19-10-8-18(9-11-19)13-14-7-12-22-16-14/h7,12,15H,2-6,8-11,13H2,1H3. The zero-order chi connectivity index (χ0) is 16.3. The molecule has 0 unspecified atom stereocenters. The Balaban J connectivity index is 1.55. The highest BCUT2D eigenvalue weighted by atomic mass is 32.2. The van der Waals surface area contributed by atoms with E-state index in [0.717, 1.165) is 44.5 Å². The quantitative estimate of drug-likeness (QED) is 0.807. The summed E-state index contributed by atoms with van der Waals surface area (Å²) in [6, 6.07) is 2.02. The molecule has 1 aromatic heterocycles. The van der Waals surface area contributed by atoms with Crippen LogP contribution >= 0.6 is 0 Å². The Labute approximate surface area is 138 Å². The second kappa shape index (κ2) is 7.29. The normalized spacial score (nSPS) is 22.7. The van der Waals surface area contributed by atoms with E-state index in [2.05, 4.69) is 10.1 Å². The van der Waals surface area contributed by atoms with E-state index in [9.17, 15) is 8.42 Å². The molecule has 1 saturated heterocycles. The van der Waals surface area contributed by atoms with Gasteiger partial charge in [0, 0.05) is 51.9 Å². The lowest BCUT2D eigenvalue weighted by molar-refractivity contribution is 0.167. The lowest BCUT2D eigenvalue weighted by atomic mass is 9.96. The Morgan fingerprint density at radius 3 is 2.52 bits per heavy atom. The van der Waals surface area contributed by atoms with Gasteiger partial charge in [-0.15, -0.1) is 0 Å². The van der Waals surface area contributed by atoms with Gasteiger partial charge >= 0.3 is 0 Å². The fourth-order valence-electron chi connectivity index (χ4n) is 3.48. The van der Waals surface area contributed by atoms with Crippen LogP contribution in [0.4, 0.5) is 0 Å². The topological polar surface area (TPSA) is 69.9 Å². The summed E-state index contributed by atoms with van der Waals surface area (Å²) in [5.74, 6) is 0. The maximum absolute atomic E-state index is 12.8. The predicted octanol–water partition coefficient (Wildman–Crippen LogP) is 1.30. The number of hydrogen-bond donors (Lipinski definition) is 0. The minimum absolute atomic E-state index is 0.168. The monoisotopic (exact) mass is 342 g/mol. The van der Waals surface area contributed by atoms with Crippen molar-refractivity contribution in [2.24, 2.45) is 0 Å². The van der Waals surface area contributed by atoms with Crippen LogP contribution in [0.3, 0.4) is 0 Å². The predicted molar refractivity (Wildman–Crippen MR) is 86.9 cm³/mol. The van der Waals surface area contributed by atoms with Crippen molar-refractivity contribution in [2.75, 3.05) is 33.2 Å². The van der Waals surface area contributed by atoms with Crippen LogP contribution in [-0.4, -0.2) is 66.4 Å². The fourth-order valence-corrected chi connectivity index (χ4v) is 5.06. The van der Waals surface area contributed by atoms with Crippen molar-refractivity contribution in [3.63, 3.8) is 0 Å². The van der Waals surface area contributed by atoms with Crippen LogP contribution in [0.2, 0.25) is 0 Å². The molecule has 2 heterocycles. The van der Waals surface area contributed by atoms with E-state index >= 15 is 0 Å². The van der Waals surface area contributed by atoms with Crippen molar-refractivity contribution in [1.29, 1.82) is 0 Å². The van der Waals surface area contributed by atoms with Gasteiger partial charge < -0.3 is 4.52 Å². The SMILES string of the molecule is CN(C1CCCCC1)S(=O)(=O)N1CCN(Cc2ccon2)CC1. The highest BCUT2D eigenvalue weighted by Crippen LogP contribution is 2.25. The van der Waals surface area contributed by atoms with Gasteiger partial charge in [-0.2, -0.15) is 17.0 Å². The summed E-state index contributed by atoms with van der Waals surface area (Å²) in [5, 5.41) is 3.91. The number of rotatable bonds is 5. The lowest BCUT2D eigenvalue weighted by Gasteiger charge is -2.38. The number of piperazine rings is 1. The maximum atomic E-state index is 12.8. The van der Waals surface area contributed by atoms with Gasteiger partial charge in [-0.05, 0) is 12.8 Å². The molecule has 2 fully saturated rings. The first-order chi connectivity index (χ1) is 11.1. The van der Waals surface area contributed by atoms with E-state index < -0.39 is 10.2 Å². The summed E-state index contributed by atoms with van der Waals surface area (Å²) in [6.45, 7) is 3.24. The van der Waals surface area contributed by atoms with E-state index in [0.29, 0.717) is 19.6 Å². The summed E-state index contributed by atoms with van der Waals surface area (Å²) in [7, 11) is -1.60. The number of aromatic nitrogens is 1. The number of hydrogen-bond acceptors (Lipinski definition) is 5. The smallest absolute Gasteiger partial charge is 0.282 e. The highest BCUT2D eigenvalue weighted by molar-refractivity contribution is 7.86. The first-order valence-corrected chi connectivity index (χ1v) is 9.82. The average Bonchev–Trinajstić information content (AvgIpc) is 3.08. The Morgan fingerprint density at radius 2 is 1.91 bits per heavy atom. The zero-order valence-electron chi connectivity index (χ0n) is 13.7. The molecule has 0 bridgehead atoms. The molecular weight excluding hydrogens is 316 g/mol. The largest absolute Gasteiger partial charge is 0.364 e. The van der Waals surface area contributed by atoms with Crippen molar-refractivity contribution in [3.05, 3.63) is 18.0 Å². The second-order valence-corrected chi connectivity index (χ2v) is 8.47. The Morgan fingerprint density at radius 1 is 1.22 bits per heavy atom. The first kappa shape index (κ1) is 16.9. The van der Waals surface area contributed by atoms with Crippen molar-refractivity contribution in [2.45, 2.75) is 44.7 Å². The lowest BCUT2D eigenvalue weighted by Crippen LogP contribution is -2.54. The molecule has 1 aliphatic heterocycles.